The van der Waals surface area contributed by atoms with Crippen molar-refractivity contribution in [3.05, 3.63) is 35.9 Å². The maximum atomic E-state index is 4.26. The van der Waals surface area contributed by atoms with E-state index in [1.165, 1.54) is 49.8 Å². The first kappa shape index (κ1) is 22.6. The van der Waals surface area contributed by atoms with Crippen LogP contribution < -0.4 is 10.6 Å². The Balaban J connectivity index is 0.00000484. The number of thioether (sulfide) groups is 1. The molecule has 132 valence electrons. The van der Waals surface area contributed by atoms with Crippen molar-refractivity contribution >= 4 is 41.7 Å². The van der Waals surface area contributed by atoms with E-state index < -0.39 is 0 Å². The third-order valence-electron chi connectivity index (χ3n) is 3.57. The topological polar surface area (TPSA) is 36.4 Å². The van der Waals surface area contributed by atoms with Crippen molar-refractivity contribution in [2.45, 2.75) is 38.5 Å². The van der Waals surface area contributed by atoms with Crippen LogP contribution in [-0.2, 0) is 6.42 Å². The average molecular weight is 449 g/mol. The molecular formula is C18H32IN3S. The molecule has 0 unspecified atom stereocenters. The molecular weight excluding hydrogens is 417 g/mol. The molecule has 1 rings (SSSR count). The van der Waals surface area contributed by atoms with Crippen LogP contribution in [0, 0.1) is 0 Å². The van der Waals surface area contributed by atoms with Crippen LogP contribution in [0.5, 0.6) is 0 Å². The molecule has 0 bridgehead atoms. The highest BCUT2D eigenvalue weighted by atomic mass is 127. The molecule has 1 aromatic carbocycles. The zero-order valence-corrected chi connectivity index (χ0v) is 17.7. The summed E-state index contributed by atoms with van der Waals surface area (Å²) >= 11 is 1.91. The number of hydrogen-bond acceptors (Lipinski definition) is 2. The molecule has 0 spiro atoms. The van der Waals surface area contributed by atoms with Gasteiger partial charge in [0, 0.05) is 20.1 Å². The van der Waals surface area contributed by atoms with Crippen LogP contribution in [-0.4, -0.2) is 38.1 Å². The molecule has 0 amide bonds. The Morgan fingerprint density at radius 1 is 0.957 bits per heavy atom. The molecule has 0 radical (unpaired) electrons. The van der Waals surface area contributed by atoms with Crippen LogP contribution in [0.3, 0.4) is 0 Å². The standard InChI is InChI=1S/C18H31N3S.HI/c1-19-18(21-15-9-10-16-22-2)20-14-8-4-7-13-17-11-5-3-6-12-17;/h3,5-6,11-12H,4,7-10,13-16H2,1-2H3,(H2,19,20,21);1H. The number of aliphatic imine (C=N–C) groups is 1. The van der Waals surface area contributed by atoms with Gasteiger partial charge in [-0.05, 0) is 49.7 Å². The Morgan fingerprint density at radius 2 is 1.61 bits per heavy atom. The molecule has 0 aliphatic carbocycles. The highest BCUT2D eigenvalue weighted by molar-refractivity contribution is 14.0. The first-order chi connectivity index (χ1) is 10.9. The third-order valence-corrected chi connectivity index (χ3v) is 4.27. The molecule has 0 heterocycles. The third kappa shape index (κ3) is 12.6. The van der Waals surface area contributed by atoms with Crippen molar-refractivity contribution in [1.29, 1.82) is 0 Å². The van der Waals surface area contributed by atoms with Crippen molar-refractivity contribution in [3.63, 3.8) is 0 Å². The minimum Gasteiger partial charge on any atom is -0.356 e. The molecule has 2 N–H and O–H groups in total. The van der Waals surface area contributed by atoms with E-state index in [4.69, 9.17) is 0 Å². The minimum absolute atomic E-state index is 0. The Morgan fingerprint density at radius 3 is 2.22 bits per heavy atom. The smallest absolute Gasteiger partial charge is 0.190 e. The molecule has 0 saturated heterocycles. The van der Waals surface area contributed by atoms with Crippen molar-refractivity contribution in [1.82, 2.24) is 10.6 Å². The minimum atomic E-state index is 0. The second kappa shape index (κ2) is 16.4. The molecule has 5 heteroatoms. The van der Waals surface area contributed by atoms with Gasteiger partial charge in [0.25, 0.3) is 0 Å². The van der Waals surface area contributed by atoms with Gasteiger partial charge in [-0.3, -0.25) is 4.99 Å². The molecule has 0 fully saturated rings. The van der Waals surface area contributed by atoms with Crippen molar-refractivity contribution in [2.75, 3.05) is 32.1 Å². The summed E-state index contributed by atoms with van der Waals surface area (Å²) in [6.07, 6.45) is 9.53. The first-order valence-electron chi connectivity index (χ1n) is 8.34. The average Bonchev–Trinajstić information content (AvgIpc) is 2.56. The molecule has 0 atom stereocenters. The van der Waals surface area contributed by atoms with Gasteiger partial charge in [-0.2, -0.15) is 11.8 Å². The fourth-order valence-corrected chi connectivity index (χ4v) is 2.77. The fourth-order valence-electron chi connectivity index (χ4n) is 2.28. The van der Waals surface area contributed by atoms with Crippen molar-refractivity contribution < 1.29 is 0 Å². The number of halogens is 1. The molecule has 0 aliphatic rings. The predicted octanol–water partition coefficient (Wildman–Crippen LogP) is 4.33. The summed E-state index contributed by atoms with van der Waals surface area (Å²) in [5.74, 6) is 2.18. The maximum Gasteiger partial charge on any atom is 0.190 e. The van der Waals surface area contributed by atoms with E-state index in [2.05, 4.69) is 52.2 Å². The summed E-state index contributed by atoms with van der Waals surface area (Å²) in [6.45, 7) is 2.01. The van der Waals surface area contributed by atoms with Gasteiger partial charge in [0.05, 0.1) is 0 Å². The largest absolute Gasteiger partial charge is 0.356 e. The number of benzene rings is 1. The van der Waals surface area contributed by atoms with Gasteiger partial charge >= 0.3 is 0 Å². The van der Waals surface area contributed by atoms with Gasteiger partial charge in [-0.25, -0.2) is 0 Å². The van der Waals surface area contributed by atoms with Crippen LogP contribution >= 0.6 is 35.7 Å². The summed E-state index contributed by atoms with van der Waals surface area (Å²) < 4.78 is 0. The Bertz CT molecular complexity index is 399. The van der Waals surface area contributed by atoms with E-state index >= 15 is 0 Å². The number of rotatable bonds is 11. The Hall–Kier alpha value is -0.430. The zero-order valence-electron chi connectivity index (χ0n) is 14.5. The second-order valence-electron chi connectivity index (χ2n) is 5.42. The van der Waals surface area contributed by atoms with E-state index in [0.29, 0.717) is 0 Å². The molecule has 1 aromatic rings. The second-order valence-corrected chi connectivity index (χ2v) is 6.41. The highest BCUT2D eigenvalue weighted by Crippen LogP contribution is 2.05. The van der Waals surface area contributed by atoms with E-state index in [0.717, 1.165) is 19.0 Å². The predicted molar refractivity (Wildman–Crippen MR) is 116 cm³/mol. The number of aryl methyl sites for hydroxylation is 1. The highest BCUT2D eigenvalue weighted by Gasteiger charge is 1.97. The summed E-state index contributed by atoms with van der Waals surface area (Å²) in [5, 5.41) is 6.77. The van der Waals surface area contributed by atoms with Crippen molar-refractivity contribution in [3.8, 4) is 0 Å². The summed E-state index contributed by atoms with van der Waals surface area (Å²) in [4.78, 5) is 4.26. The Labute approximate surface area is 163 Å². The molecule has 0 aromatic heterocycles. The fraction of sp³-hybridized carbons (Fsp3) is 0.611. The van der Waals surface area contributed by atoms with Gasteiger partial charge in [0.15, 0.2) is 5.96 Å². The van der Waals surface area contributed by atoms with E-state index in [-0.39, 0.29) is 24.0 Å². The number of unbranched alkanes of at least 4 members (excludes halogenated alkanes) is 3. The summed E-state index contributed by atoms with van der Waals surface area (Å²) in [6, 6.07) is 10.7. The monoisotopic (exact) mass is 449 g/mol. The summed E-state index contributed by atoms with van der Waals surface area (Å²) in [5.41, 5.74) is 1.44. The van der Waals surface area contributed by atoms with Crippen LogP contribution in [0.1, 0.15) is 37.7 Å². The summed E-state index contributed by atoms with van der Waals surface area (Å²) in [7, 11) is 1.84. The van der Waals surface area contributed by atoms with Gasteiger partial charge < -0.3 is 10.6 Å². The lowest BCUT2D eigenvalue weighted by Crippen LogP contribution is -2.38. The van der Waals surface area contributed by atoms with E-state index in [1.54, 1.807) is 0 Å². The molecule has 0 aliphatic heterocycles. The van der Waals surface area contributed by atoms with Crippen LogP contribution in [0.15, 0.2) is 35.3 Å². The van der Waals surface area contributed by atoms with Gasteiger partial charge in [-0.1, -0.05) is 36.8 Å². The number of nitrogens with one attached hydrogen (secondary N) is 2. The normalized spacial score (nSPS) is 11.0. The van der Waals surface area contributed by atoms with Crippen LogP contribution in [0.25, 0.3) is 0 Å². The number of hydrogen-bond donors (Lipinski definition) is 2. The SMILES string of the molecule is CN=C(NCCCCCc1ccccc1)NCCCCSC.I. The Kier molecular flexibility index (Phi) is 16.1. The van der Waals surface area contributed by atoms with Gasteiger partial charge in [-0.15, -0.1) is 24.0 Å². The van der Waals surface area contributed by atoms with Crippen LogP contribution in [0.4, 0.5) is 0 Å². The molecule has 3 nitrogen and oxygen atoms in total. The lowest BCUT2D eigenvalue weighted by atomic mass is 10.1. The lowest BCUT2D eigenvalue weighted by Gasteiger charge is -2.11. The molecule has 23 heavy (non-hydrogen) atoms. The van der Waals surface area contributed by atoms with E-state index in [9.17, 15) is 0 Å². The number of guanidine groups is 1. The van der Waals surface area contributed by atoms with Gasteiger partial charge in [0.2, 0.25) is 0 Å². The van der Waals surface area contributed by atoms with Crippen LogP contribution in [0.2, 0.25) is 0 Å². The maximum absolute atomic E-state index is 4.26. The number of nitrogens with zero attached hydrogens (tertiary/aromatic N) is 1. The quantitative estimate of drug-likeness (QED) is 0.229. The first-order valence-corrected chi connectivity index (χ1v) is 9.73. The van der Waals surface area contributed by atoms with E-state index in [1.807, 2.05) is 18.8 Å². The van der Waals surface area contributed by atoms with Crippen molar-refractivity contribution in [2.24, 2.45) is 4.99 Å². The molecule has 0 saturated carbocycles. The lowest BCUT2D eigenvalue weighted by molar-refractivity contribution is 0.652. The zero-order chi connectivity index (χ0) is 15.9. The van der Waals surface area contributed by atoms with Gasteiger partial charge in [0.1, 0.15) is 0 Å².